The second-order valence-electron chi connectivity index (χ2n) is 11.3. The Labute approximate surface area is 314 Å². The molecule has 1 unspecified atom stereocenters. The summed E-state index contributed by atoms with van der Waals surface area (Å²) in [6.45, 7) is 2.53. The highest BCUT2D eigenvalue weighted by molar-refractivity contribution is 8.00. The molecule has 0 fully saturated rings. The highest BCUT2D eigenvalue weighted by Gasteiger charge is 2.24. The fourth-order valence-corrected chi connectivity index (χ4v) is 7.00. The topological polar surface area (TPSA) is 109 Å². The molecule has 6 rings (SSSR count). The monoisotopic (exact) mass is 744 g/mol. The Hall–Kier alpha value is -5.68. The normalized spacial score (nSPS) is 11.7. The molecule has 0 aliphatic heterocycles. The fraction of sp³-hybridized carbons (Fsp3) is 0.0732. The van der Waals surface area contributed by atoms with Crippen LogP contribution >= 0.6 is 34.7 Å². The van der Waals surface area contributed by atoms with Crippen LogP contribution in [0.15, 0.2) is 149 Å². The summed E-state index contributed by atoms with van der Waals surface area (Å²) < 4.78 is 5.54. The van der Waals surface area contributed by atoms with Crippen LogP contribution in [0.5, 0.6) is 5.75 Å². The zero-order valence-corrected chi connectivity index (χ0v) is 30.3. The van der Waals surface area contributed by atoms with Gasteiger partial charge in [0.2, 0.25) is 5.91 Å². The Morgan fingerprint density at radius 1 is 0.827 bits per heavy atom. The summed E-state index contributed by atoms with van der Waals surface area (Å²) >= 11 is 9.11. The first-order valence-electron chi connectivity index (χ1n) is 16.3. The van der Waals surface area contributed by atoms with E-state index in [-0.39, 0.29) is 11.6 Å². The number of hydrogen-bond acceptors (Lipinski definition) is 7. The van der Waals surface area contributed by atoms with Gasteiger partial charge in [-0.15, -0.1) is 23.1 Å². The maximum atomic E-state index is 13.7. The highest BCUT2D eigenvalue weighted by atomic mass is 35.5. The van der Waals surface area contributed by atoms with Gasteiger partial charge in [-0.3, -0.25) is 14.4 Å². The lowest BCUT2D eigenvalue weighted by atomic mass is 10.1. The van der Waals surface area contributed by atoms with Crippen molar-refractivity contribution in [1.82, 2.24) is 10.3 Å². The molecule has 1 atom stereocenters. The number of hydrogen-bond donors (Lipinski definition) is 3. The lowest BCUT2D eigenvalue weighted by molar-refractivity contribution is -0.116. The van der Waals surface area contributed by atoms with Gasteiger partial charge in [-0.05, 0) is 90.9 Å². The van der Waals surface area contributed by atoms with Crippen molar-refractivity contribution in [3.05, 3.63) is 166 Å². The van der Waals surface area contributed by atoms with Crippen LogP contribution in [0, 0.1) is 0 Å². The van der Waals surface area contributed by atoms with Crippen molar-refractivity contribution in [2.45, 2.75) is 17.1 Å². The number of rotatable bonds is 13. The molecule has 0 spiro atoms. The van der Waals surface area contributed by atoms with Crippen LogP contribution in [0.3, 0.4) is 0 Å². The average molecular weight is 745 g/mol. The van der Waals surface area contributed by atoms with Crippen molar-refractivity contribution in [1.29, 1.82) is 0 Å². The smallest absolute Gasteiger partial charge is 0.272 e. The molecule has 260 valence electrons. The molecule has 3 amide bonds. The minimum Gasteiger partial charge on any atom is -0.494 e. The summed E-state index contributed by atoms with van der Waals surface area (Å²) in [6.07, 6.45) is 1.54. The van der Waals surface area contributed by atoms with E-state index >= 15 is 0 Å². The van der Waals surface area contributed by atoms with E-state index in [9.17, 15) is 14.4 Å². The van der Waals surface area contributed by atoms with E-state index in [1.54, 1.807) is 60.7 Å². The first kappa shape index (κ1) is 36.1. The van der Waals surface area contributed by atoms with Crippen molar-refractivity contribution in [2.75, 3.05) is 17.2 Å². The number of halogens is 1. The second kappa shape index (κ2) is 17.5. The number of nitrogens with zero attached hydrogens (tertiary/aromatic N) is 1. The molecule has 0 bridgehead atoms. The van der Waals surface area contributed by atoms with Crippen molar-refractivity contribution in [2.24, 2.45) is 0 Å². The fourth-order valence-electron chi connectivity index (χ4n) is 5.07. The number of carbonyl (C=O) groups is 3. The second-order valence-corrected chi connectivity index (χ2v) is 13.7. The van der Waals surface area contributed by atoms with Gasteiger partial charge < -0.3 is 20.7 Å². The first-order chi connectivity index (χ1) is 25.4. The van der Waals surface area contributed by atoms with Crippen LogP contribution in [-0.4, -0.2) is 29.3 Å². The Bertz CT molecular complexity index is 2170. The molecule has 0 saturated carbocycles. The van der Waals surface area contributed by atoms with Crippen LogP contribution in [-0.2, 0) is 9.59 Å². The maximum Gasteiger partial charge on any atom is 0.272 e. The molecule has 1 aromatic heterocycles. The lowest BCUT2D eigenvalue weighted by Crippen LogP contribution is -2.30. The van der Waals surface area contributed by atoms with Gasteiger partial charge in [0.05, 0.1) is 12.3 Å². The van der Waals surface area contributed by atoms with Crippen LogP contribution < -0.4 is 20.7 Å². The molecule has 0 radical (unpaired) electrons. The molecule has 8 nitrogen and oxygen atoms in total. The van der Waals surface area contributed by atoms with Crippen molar-refractivity contribution in [3.8, 4) is 17.0 Å². The zero-order valence-electron chi connectivity index (χ0n) is 27.9. The van der Waals surface area contributed by atoms with Crippen LogP contribution in [0.4, 0.5) is 10.8 Å². The lowest BCUT2D eigenvalue weighted by Gasteiger charge is -2.17. The Morgan fingerprint density at radius 3 is 2.19 bits per heavy atom. The number of benzene rings is 5. The minimum absolute atomic E-state index is 0.0223. The summed E-state index contributed by atoms with van der Waals surface area (Å²) in [5, 5.41) is 10.8. The Morgan fingerprint density at radius 2 is 1.50 bits per heavy atom. The summed E-state index contributed by atoms with van der Waals surface area (Å²) in [5.74, 6) is -0.393. The number of carbonyl (C=O) groups excluding carboxylic acids is 3. The standard InChI is InChI=1S/C41H33ClN4O4S2/c1-2-50-32-21-17-27(18-22-32)36-26-51-41(45-36)46-40(49)37(28-11-5-3-6-12-28)52-33-23-19-31(20-24-33)43-39(48)35(25-30-15-9-10-16-34(30)42)44-38(47)29-13-7-4-8-14-29/h3-26,37H,2H2,1H3,(H,43,48)(H,44,47)(H,45,46,49)/b35-25-. The molecule has 52 heavy (non-hydrogen) atoms. The molecular weight excluding hydrogens is 712 g/mol. The van der Waals surface area contributed by atoms with Crippen molar-refractivity contribution >= 4 is 69.3 Å². The van der Waals surface area contributed by atoms with Crippen molar-refractivity contribution in [3.63, 3.8) is 0 Å². The largest absolute Gasteiger partial charge is 0.494 e. The summed E-state index contributed by atoms with van der Waals surface area (Å²) in [5.41, 5.74) is 4.01. The molecule has 0 aliphatic carbocycles. The van der Waals surface area contributed by atoms with E-state index in [0.29, 0.717) is 33.6 Å². The zero-order chi connectivity index (χ0) is 36.3. The minimum atomic E-state index is -0.585. The summed E-state index contributed by atoms with van der Waals surface area (Å²) in [6, 6.07) is 40.0. The van der Waals surface area contributed by atoms with E-state index in [0.717, 1.165) is 27.5 Å². The predicted molar refractivity (Wildman–Crippen MR) is 211 cm³/mol. The molecule has 3 N–H and O–H groups in total. The number of thiazole rings is 1. The number of anilines is 2. The number of amides is 3. The summed E-state index contributed by atoms with van der Waals surface area (Å²) in [7, 11) is 0. The van der Waals surface area contributed by atoms with Gasteiger partial charge in [-0.1, -0.05) is 78.3 Å². The molecule has 0 aliphatic rings. The highest BCUT2D eigenvalue weighted by Crippen LogP contribution is 2.37. The predicted octanol–water partition coefficient (Wildman–Crippen LogP) is 9.74. The molecule has 1 heterocycles. The number of nitrogens with one attached hydrogen (secondary N) is 3. The number of thioether (sulfide) groups is 1. The number of aromatic nitrogens is 1. The van der Waals surface area contributed by atoms with E-state index in [2.05, 4.69) is 20.9 Å². The van der Waals surface area contributed by atoms with Crippen LogP contribution in [0.25, 0.3) is 17.3 Å². The molecular formula is C41H33ClN4O4S2. The van der Waals surface area contributed by atoms with E-state index in [4.69, 9.17) is 16.3 Å². The van der Waals surface area contributed by atoms with Gasteiger partial charge in [-0.25, -0.2) is 4.98 Å². The Balaban J connectivity index is 1.16. The molecule has 5 aromatic carbocycles. The van der Waals surface area contributed by atoms with Gasteiger partial charge in [0.25, 0.3) is 11.8 Å². The molecule has 11 heteroatoms. The van der Waals surface area contributed by atoms with Gasteiger partial charge in [0.1, 0.15) is 16.7 Å². The third-order valence-electron chi connectivity index (χ3n) is 7.64. The van der Waals surface area contributed by atoms with Gasteiger partial charge in [-0.2, -0.15) is 0 Å². The molecule has 0 saturated heterocycles. The van der Waals surface area contributed by atoms with Crippen molar-refractivity contribution < 1.29 is 19.1 Å². The van der Waals surface area contributed by atoms with Gasteiger partial charge in [0, 0.05) is 32.1 Å². The third-order valence-corrected chi connectivity index (χ3v) is 10.0. The van der Waals surface area contributed by atoms with Crippen LogP contribution in [0.2, 0.25) is 5.02 Å². The van der Waals surface area contributed by atoms with E-state index in [1.165, 1.54) is 29.2 Å². The summed E-state index contributed by atoms with van der Waals surface area (Å²) in [4.78, 5) is 45.8. The first-order valence-corrected chi connectivity index (χ1v) is 18.5. The molecule has 6 aromatic rings. The van der Waals surface area contributed by atoms with E-state index < -0.39 is 17.1 Å². The van der Waals surface area contributed by atoms with Crippen LogP contribution in [0.1, 0.15) is 33.7 Å². The Kier molecular flexibility index (Phi) is 12.2. The van der Waals surface area contributed by atoms with Gasteiger partial charge >= 0.3 is 0 Å². The average Bonchev–Trinajstić information content (AvgIpc) is 3.64. The van der Waals surface area contributed by atoms with E-state index in [1.807, 2.05) is 85.1 Å². The maximum absolute atomic E-state index is 13.7. The quantitative estimate of drug-likeness (QED) is 0.0803. The van der Waals surface area contributed by atoms with Gasteiger partial charge in [0.15, 0.2) is 5.13 Å². The SMILES string of the molecule is CCOc1ccc(-c2csc(NC(=O)C(Sc3ccc(NC(=O)/C(=C/c4ccccc4Cl)NC(=O)c4ccccc4)cc3)c3ccccc3)n2)cc1. The number of ether oxygens (including phenoxy) is 1. The third kappa shape index (κ3) is 9.55.